The Balaban J connectivity index is 2.09. The van der Waals surface area contributed by atoms with Gasteiger partial charge in [0.15, 0.2) is 0 Å². The van der Waals surface area contributed by atoms with Gasteiger partial charge in [0, 0.05) is 24.4 Å². The van der Waals surface area contributed by atoms with Crippen LogP contribution in [0.1, 0.15) is 40.5 Å². The van der Waals surface area contributed by atoms with Crippen LogP contribution in [0.4, 0.5) is 4.79 Å². The molecule has 0 aromatic rings. The first-order valence-electron chi connectivity index (χ1n) is 7.35. The van der Waals surface area contributed by atoms with Crippen molar-refractivity contribution >= 4 is 17.9 Å². The fraction of sp³-hybridized carbons (Fsp3) is 0.800. The van der Waals surface area contributed by atoms with E-state index < -0.39 is 5.60 Å². The number of ether oxygens (including phenoxy) is 1. The molecule has 1 rings (SSSR count). The Labute approximate surface area is 127 Å². The fourth-order valence-corrected chi connectivity index (χ4v) is 3.20. The molecule has 0 aliphatic carbocycles. The van der Waals surface area contributed by atoms with Gasteiger partial charge in [-0.15, -0.1) is 0 Å². The number of nitrogens with one attached hydrogen (secondary N) is 2. The van der Waals surface area contributed by atoms with Crippen molar-refractivity contribution in [2.24, 2.45) is 0 Å². The van der Waals surface area contributed by atoms with Gasteiger partial charge in [-0.05, 0) is 39.4 Å². The van der Waals surface area contributed by atoms with Crippen LogP contribution in [0.3, 0.4) is 0 Å². The summed E-state index contributed by atoms with van der Waals surface area (Å²) < 4.78 is 5.15. The maximum Gasteiger partial charge on any atom is 0.407 e. The summed E-state index contributed by atoms with van der Waals surface area (Å²) in [5, 5.41) is 6.94. The zero-order valence-corrected chi connectivity index (χ0v) is 13.9. The minimum atomic E-state index is -0.440. The van der Waals surface area contributed by atoms with E-state index in [4.69, 9.17) is 4.74 Å². The van der Waals surface area contributed by atoms with Gasteiger partial charge in [-0.2, -0.15) is 11.8 Å². The van der Waals surface area contributed by atoms with Crippen LogP contribution >= 0.6 is 11.8 Å². The number of hydrogen-bond donors (Lipinski definition) is 2. The summed E-state index contributed by atoms with van der Waals surface area (Å²) in [6, 6.07) is 0.609. The summed E-state index contributed by atoms with van der Waals surface area (Å²) in [7, 11) is 0. The van der Waals surface area contributed by atoms with Crippen LogP contribution in [0.2, 0.25) is 0 Å². The van der Waals surface area contributed by atoms with Crippen molar-refractivity contribution in [3.63, 3.8) is 0 Å². The Bertz CT molecular complexity index is 326. The van der Waals surface area contributed by atoms with Crippen molar-refractivity contribution in [2.45, 2.75) is 57.4 Å². The zero-order valence-electron chi connectivity index (χ0n) is 13.1. The van der Waals surface area contributed by atoms with Gasteiger partial charge >= 0.3 is 6.09 Å². The molecule has 0 radical (unpaired) electrons. The fourth-order valence-electron chi connectivity index (χ4n) is 2.03. The Morgan fingerprint density at radius 1 is 1.35 bits per heavy atom. The van der Waals surface area contributed by atoms with Gasteiger partial charge in [0.1, 0.15) is 5.60 Å². The molecular formula is C15H28N2O2S. The van der Waals surface area contributed by atoms with Crippen molar-refractivity contribution in [1.82, 2.24) is 10.6 Å². The van der Waals surface area contributed by atoms with E-state index in [0.29, 0.717) is 17.8 Å². The van der Waals surface area contributed by atoms with E-state index >= 15 is 0 Å². The second-order valence-corrected chi connectivity index (χ2v) is 7.57. The number of hydrogen-bond acceptors (Lipinski definition) is 4. The molecule has 2 atom stereocenters. The summed E-state index contributed by atoms with van der Waals surface area (Å²) in [6.07, 6.45) is 6.21. The quantitative estimate of drug-likeness (QED) is 0.767. The van der Waals surface area contributed by atoms with Crippen LogP contribution in [-0.4, -0.2) is 41.8 Å². The van der Waals surface area contributed by atoms with Crippen molar-refractivity contribution in [3.8, 4) is 0 Å². The van der Waals surface area contributed by atoms with E-state index in [2.05, 4.69) is 23.6 Å². The lowest BCUT2D eigenvalue weighted by Gasteiger charge is -2.28. The monoisotopic (exact) mass is 300 g/mol. The highest BCUT2D eigenvalue weighted by atomic mass is 32.2. The van der Waals surface area contributed by atoms with Gasteiger partial charge in [0.05, 0.1) is 0 Å². The van der Waals surface area contributed by atoms with E-state index in [0.717, 1.165) is 6.54 Å². The third-order valence-electron chi connectivity index (χ3n) is 3.03. The number of rotatable bonds is 5. The van der Waals surface area contributed by atoms with Gasteiger partial charge in [-0.3, -0.25) is 0 Å². The molecular weight excluding hydrogens is 272 g/mol. The smallest absolute Gasteiger partial charge is 0.407 e. The first-order chi connectivity index (χ1) is 9.38. The first-order valence-corrected chi connectivity index (χ1v) is 8.40. The molecule has 2 unspecified atom stereocenters. The molecule has 0 aromatic heterocycles. The Hall–Kier alpha value is -0.680. The normalized spacial score (nSPS) is 23.8. The molecule has 0 saturated carbocycles. The Morgan fingerprint density at radius 2 is 2.05 bits per heavy atom. The molecule has 2 N–H and O–H groups in total. The molecule has 4 nitrogen and oxygen atoms in total. The lowest BCUT2D eigenvalue weighted by Crippen LogP contribution is -2.39. The van der Waals surface area contributed by atoms with Crippen LogP contribution in [0.25, 0.3) is 0 Å². The van der Waals surface area contributed by atoms with Crippen LogP contribution in [0.5, 0.6) is 0 Å². The lowest BCUT2D eigenvalue weighted by atomic mass is 10.1. The third kappa shape index (κ3) is 7.80. The number of carbonyl (C=O) groups is 1. The molecule has 20 heavy (non-hydrogen) atoms. The highest BCUT2D eigenvalue weighted by Crippen LogP contribution is 2.24. The first kappa shape index (κ1) is 17.4. The van der Waals surface area contributed by atoms with E-state index in [-0.39, 0.29) is 6.09 Å². The third-order valence-corrected chi connectivity index (χ3v) is 4.41. The largest absolute Gasteiger partial charge is 0.444 e. The molecule has 1 heterocycles. The molecule has 116 valence electrons. The maximum absolute atomic E-state index is 11.4. The minimum absolute atomic E-state index is 0.368. The standard InChI is InChI=1S/C15H28N2O2S/c1-12-13(8-7-11-20-12)16-9-5-6-10-17-14(18)19-15(2,3)4/h5-6,12-13,16H,7-11H2,1-4H3,(H,17,18)/b6-5+. The highest BCUT2D eigenvalue weighted by molar-refractivity contribution is 7.99. The molecule has 1 fully saturated rings. The average molecular weight is 300 g/mol. The van der Waals surface area contributed by atoms with Crippen molar-refractivity contribution in [1.29, 1.82) is 0 Å². The molecule has 1 amide bonds. The molecule has 1 aliphatic heterocycles. The van der Waals surface area contributed by atoms with Crippen molar-refractivity contribution < 1.29 is 9.53 Å². The average Bonchev–Trinajstić information content (AvgIpc) is 2.33. The molecule has 0 bridgehead atoms. The van der Waals surface area contributed by atoms with Gasteiger partial charge in [0.2, 0.25) is 0 Å². The van der Waals surface area contributed by atoms with Crippen molar-refractivity contribution in [2.75, 3.05) is 18.8 Å². The summed E-state index contributed by atoms with van der Waals surface area (Å²) in [4.78, 5) is 11.4. The van der Waals surface area contributed by atoms with Gasteiger partial charge in [-0.1, -0.05) is 19.1 Å². The predicted octanol–water partition coefficient (Wildman–Crippen LogP) is 2.94. The van der Waals surface area contributed by atoms with E-state index in [1.54, 1.807) is 0 Å². The second kappa shape index (κ2) is 8.57. The molecule has 5 heteroatoms. The number of thioether (sulfide) groups is 1. The lowest BCUT2D eigenvalue weighted by molar-refractivity contribution is 0.0534. The SMILES string of the molecule is CC1SCCCC1NC/C=C/CNC(=O)OC(C)(C)C. The van der Waals surface area contributed by atoms with E-state index in [1.807, 2.05) is 38.6 Å². The molecule has 1 saturated heterocycles. The van der Waals surface area contributed by atoms with Crippen LogP contribution < -0.4 is 10.6 Å². The highest BCUT2D eigenvalue weighted by Gasteiger charge is 2.20. The zero-order chi connectivity index (χ0) is 15.0. The Kier molecular flexibility index (Phi) is 7.45. The molecule has 1 aliphatic rings. The van der Waals surface area contributed by atoms with Crippen LogP contribution in [0.15, 0.2) is 12.2 Å². The van der Waals surface area contributed by atoms with E-state index in [1.165, 1.54) is 18.6 Å². The number of carbonyl (C=O) groups excluding carboxylic acids is 1. The molecule has 0 spiro atoms. The summed E-state index contributed by atoms with van der Waals surface area (Å²) in [6.45, 7) is 9.22. The van der Waals surface area contributed by atoms with Crippen LogP contribution in [-0.2, 0) is 4.74 Å². The number of alkyl carbamates (subject to hydrolysis) is 1. The summed E-state index contributed by atoms with van der Waals surface area (Å²) in [5.74, 6) is 1.29. The van der Waals surface area contributed by atoms with Gasteiger partial charge < -0.3 is 15.4 Å². The Morgan fingerprint density at radius 3 is 2.70 bits per heavy atom. The van der Waals surface area contributed by atoms with E-state index in [9.17, 15) is 4.79 Å². The second-order valence-electron chi connectivity index (χ2n) is 6.09. The number of amides is 1. The topological polar surface area (TPSA) is 50.4 Å². The predicted molar refractivity (Wildman–Crippen MR) is 86.3 cm³/mol. The summed E-state index contributed by atoms with van der Waals surface area (Å²) in [5.41, 5.74) is -0.440. The molecule has 0 aromatic carbocycles. The van der Waals surface area contributed by atoms with Crippen molar-refractivity contribution in [3.05, 3.63) is 12.2 Å². The van der Waals surface area contributed by atoms with Crippen LogP contribution in [0, 0.1) is 0 Å². The van der Waals surface area contributed by atoms with Gasteiger partial charge in [0.25, 0.3) is 0 Å². The maximum atomic E-state index is 11.4. The minimum Gasteiger partial charge on any atom is -0.444 e. The summed E-state index contributed by atoms with van der Waals surface area (Å²) >= 11 is 2.04. The van der Waals surface area contributed by atoms with Gasteiger partial charge in [-0.25, -0.2) is 4.79 Å².